The van der Waals surface area contributed by atoms with Crippen molar-refractivity contribution in [3.63, 3.8) is 0 Å². The minimum absolute atomic E-state index is 0.0465. The van der Waals surface area contributed by atoms with Crippen LogP contribution in [0.25, 0.3) is 20.2 Å². The number of thiophene rings is 2. The third kappa shape index (κ3) is 1.86. The van der Waals surface area contributed by atoms with E-state index in [1.54, 1.807) is 22.7 Å². The Kier molecular flexibility index (Phi) is 2.84. The summed E-state index contributed by atoms with van der Waals surface area (Å²) in [4.78, 5) is 1.23. The van der Waals surface area contributed by atoms with Gasteiger partial charge in [0.1, 0.15) is 0 Å². The minimum atomic E-state index is -0.0465. The summed E-state index contributed by atoms with van der Waals surface area (Å²) in [5.41, 5.74) is 7.75. The molecule has 20 heavy (non-hydrogen) atoms. The van der Waals surface area contributed by atoms with E-state index in [-0.39, 0.29) is 6.04 Å². The standard InChI is InChI=1S/C17H13NS2/c18-16(13-6-3-5-11-8-9-19-17(11)13)15-10-12-4-1-2-7-14(12)20-15/h1-10,16H,18H2. The molecule has 0 bridgehead atoms. The smallest absolute Gasteiger partial charge is 0.0660 e. The van der Waals surface area contributed by atoms with Crippen LogP contribution in [0.2, 0.25) is 0 Å². The summed E-state index contributed by atoms with van der Waals surface area (Å²) in [5, 5.41) is 4.69. The molecule has 2 aromatic heterocycles. The van der Waals surface area contributed by atoms with Gasteiger partial charge in [-0.2, -0.15) is 0 Å². The van der Waals surface area contributed by atoms with Gasteiger partial charge in [0, 0.05) is 14.3 Å². The zero-order chi connectivity index (χ0) is 13.5. The first-order chi connectivity index (χ1) is 9.83. The van der Waals surface area contributed by atoms with Gasteiger partial charge in [0.15, 0.2) is 0 Å². The van der Waals surface area contributed by atoms with Gasteiger partial charge >= 0.3 is 0 Å². The summed E-state index contributed by atoms with van der Waals surface area (Å²) >= 11 is 3.56. The number of fused-ring (bicyclic) bond motifs is 2. The maximum atomic E-state index is 6.52. The van der Waals surface area contributed by atoms with Crippen molar-refractivity contribution in [2.45, 2.75) is 6.04 Å². The number of nitrogens with two attached hydrogens (primary N) is 1. The zero-order valence-electron chi connectivity index (χ0n) is 10.7. The van der Waals surface area contributed by atoms with Gasteiger partial charge in [0.2, 0.25) is 0 Å². The Morgan fingerprint density at radius 2 is 1.75 bits per heavy atom. The van der Waals surface area contributed by atoms with Gasteiger partial charge in [-0.3, -0.25) is 0 Å². The molecule has 3 heteroatoms. The number of hydrogen-bond donors (Lipinski definition) is 1. The molecule has 98 valence electrons. The van der Waals surface area contributed by atoms with Gasteiger partial charge < -0.3 is 5.73 Å². The van der Waals surface area contributed by atoms with Crippen LogP contribution in [0.4, 0.5) is 0 Å². The molecular formula is C17H13NS2. The summed E-state index contributed by atoms with van der Waals surface area (Å²) in [6.07, 6.45) is 0. The second-order valence-corrected chi connectivity index (χ2v) is 6.88. The van der Waals surface area contributed by atoms with Crippen LogP contribution in [0.15, 0.2) is 60.0 Å². The first-order valence-electron chi connectivity index (χ1n) is 6.53. The highest BCUT2D eigenvalue weighted by molar-refractivity contribution is 7.19. The Morgan fingerprint density at radius 1 is 0.900 bits per heavy atom. The van der Waals surface area contributed by atoms with Crippen molar-refractivity contribution in [2.24, 2.45) is 5.73 Å². The highest BCUT2D eigenvalue weighted by Gasteiger charge is 2.15. The topological polar surface area (TPSA) is 26.0 Å². The second kappa shape index (κ2) is 4.70. The Morgan fingerprint density at radius 3 is 2.65 bits per heavy atom. The van der Waals surface area contributed by atoms with Crippen LogP contribution in [-0.2, 0) is 0 Å². The Labute approximate surface area is 125 Å². The fourth-order valence-electron chi connectivity index (χ4n) is 2.57. The van der Waals surface area contributed by atoms with Crippen molar-refractivity contribution in [1.82, 2.24) is 0 Å². The highest BCUT2D eigenvalue weighted by atomic mass is 32.1. The Balaban J connectivity index is 1.87. The van der Waals surface area contributed by atoms with Crippen molar-refractivity contribution in [1.29, 1.82) is 0 Å². The molecule has 2 aromatic carbocycles. The molecule has 0 radical (unpaired) electrons. The molecule has 0 saturated heterocycles. The molecule has 0 amide bonds. The van der Waals surface area contributed by atoms with Gasteiger partial charge in [-0.05, 0) is 39.9 Å². The molecule has 1 atom stereocenters. The second-order valence-electron chi connectivity index (χ2n) is 4.85. The van der Waals surface area contributed by atoms with Crippen LogP contribution in [0.3, 0.4) is 0 Å². The molecule has 0 fully saturated rings. The normalized spacial score (nSPS) is 13.1. The summed E-state index contributed by atoms with van der Waals surface area (Å²) in [5.74, 6) is 0. The van der Waals surface area contributed by atoms with Gasteiger partial charge in [0.05, 0.1) is 6.04 Å². The van der Waals surface area contributed by atoms with Gasteiger partial charge in [0.25, 0.3) is 0 Å². The summed E-state index contributed by atoms with van der Waals surface area (Å²) in [6, 6.07) is 19.2. The monoisotopic (exact) mass is 295 g/mol. The number of rotatable bonds is 2. The summed E-state index contributed by atoms with van der Waals surface area (Å²) in [6.45, 7) is 0. The van der Waals surface area contributed by atoms with E-state index in [0.717, 1.165) is 0 Å². The molecule has 1 unspecified atom stereocenters. The van der Waals surface area contributed by atoms with E-state index in [4.69, 9.17) is 5.73 Å². The highest BCUT2D eigenvalue weighted by Crippen LogP contribution is 2.35. The lowest BCUT2D eigenvalue weighted by Crippen LogP contribution is -2.10. The molecule has 0 aliphatic carbocycles. The summed E-state index contributed by atoms with van der Waals surface area (Å²) < 4.78 is 2.61. The van der Waals surface area contributed by atoms with Gasteiger partial charge in [-0.1, -0.05) is 36.4 Å². The molecular weight excluding hydrogens is 282 g/mol. The summed E-state index contributed by atoms with van der Waals surface area (Å²) in [7, 11) is 0. The van der Waals surface area contributed by atoms with E-state index in [1.807, 2.05) is 0 Å². The van der Waals surface area contributed by atoms with E-state index >= 15 is 0 Å². The number of benzene rings is 2. The molecule has 2 heterocycles. The average Bonchev–Trinajstić information content (AvgIpc) is 3.12. The predicted octanol–water partition coefficient (Wildman–Crippen LogP) is 5.16. The molecule has 0 aliphatic heterocycles. The third-order valence-electron chi connectivity index (χ3n) is 3.60. The lowest BCUT2D eigenvalue weighted by molar-refractivity contribution is 0.906. The van der Waals surface area contributed by atoms with Crippen LogP contribution in [0.5, 0.6) is 0 Å². The maximum absolute atomic E-state index is 6.52. The van der Waals surface area contributed by atoms with Crippen LogP contribution in [0.1, 0.15) is 16.5 Å². The molecule has 4 rings (SSSR count). The van der Waals surface area contributed by atoms with Crippen molar-refractivity contribution in [3.8, 4) is 0 Å². The first kappa shape index (κ1) is 12.1. The molecule has 1 nitrogen and oxygen atoms in total. The first-order valence-corrected chi connectivity index (χ1v) is 8.23. The Hall–Kier alpha value is -1.68. The van der Waals surface area contributed by atoms with Crippen molar-refractivity contribution < 1.29 is 0 Å². The van der Waals surface area contributed by atoms with E-state index in [0.29, 0.717) is 0 Å². The van der Waals surface area contributed by atoms with E-state index < -0.39 is 0 Å². The van der Waals surface area contributed by atoms with Gasteiger partial charge in [-0.15, -0.1) is 22.7 Å². The van der Waals surface area contributed by atoms with E-state index in [9.17, 15) is 0 Å². The van der Waals surface area contributed by atoms with E-state index in [1.165, 1.54) is 30.6 Å². The molecule has 2 N–H and O–H groups in total. The SMILES string of the molecule is NC(c1cc2ccccc2s1)c1cccc2ccsc12. The lowest BCUT2D eigenvalue weighted by Gasteiger charge is -2.11. The van der Waals surface area contributed by atoms with Crippen LogP contribution >= 0.6 is 22.7 Å². The minimum Gasteiger partial charge on any atom is -0.320 e. The average molecular weight is 295 g/mol. The van der Waals surface area contributed by atoms with Crippen LogP contribution in [0, 0.1) is 0 Å². The molecule has 4 aromatic rings. The molecule has 0 aliphatic rings. The predicted molar refractivity (Wildman–Crippen MR) is 89.7 cm³/mol. The lowest BCUT2D eigenvalue weighted by atomic mass is 10.0. The van der Waals surface area contributed by atoms with E-state index in [2.05, 4.69) is 60.0 Å². The quantitative estimate of drug-likeness (QED) is 0.543. The number of hydrogen-bond acceptors (Lipinski definition) is 3. The van der Waals surface area contributed by atoms with Crippen LogP contribution in [-0.4, -0.2) is 0 Å². The van der Waals surface area contributed by atoms with Crippen LogP contribution < -0.4 is 5.73 Å². The molecule has 0 spiro atoms. The molecule has 0 saturated carbocycles. The fourth-order valence-corrected chi connectivity index (χ4v) is 4.61. The Bertz CT molecular complexity index is 855. The van der Waals surface area contributed by atoms with Gasteiger partial charge in [-0.25, -0.2) is 0 Å². The third-order valence-corrected chi connectivity index (χ3v) is 5.77. The largest absolute Gasteiger partial charge is 0.320 e. The zero-order valence-corrected chi connectivity index (χ0v) is 12.4. The van der Waals surface area contributed by atoms with Crippen molar-refractivity contribution in [2.75, 3.05) is 0 Å². The maximum Gasteiger partial charge on any atom is 0.0660 e. The van der Waals surface area contributed by atoms with Crippen molar-refractivity contribution in [3.05, 3.63) is 70.4 Å². The fraction of sp³-hybridized carbons (Fsp3) is 0.0588. The van der Waals surface area contributed by atoms with Crippen molar-refractivity contribution >= 4 is 42.8 Å².